The van der Waals surface area contributed by atoms with Crippen molar-refractivity contribution in [3.05, 3.63) is 58.1 Å². The van der Waals surface area contributed by atoms with Crippen molar-refractivity contribution in [2.24, 2.45) is 0 Å². The summed E-state index contributed by atoms with van der Waals surface area (Å²) in [6.07, 6.45) is 0. The first-order valence-corrected chi connectivity index (χ1v) is 6.70. The van der Waals surface area contributed by atoms with Crippen molar-refractivity contribution in [1.82, 2.24) is 0 Å². The Labute approximate surface area is 126 Å². The highest BCUT2D eigenvalue weighted by atomic mass is 35.5. The van der Waals surface area contributed by atoms with E-state index in [9.17, 15) is 4.79 Å². The Morgan fingerprint density at radius 1 is 1.10 bits per heavy atom. The molecule has 2 rings (SSSR count). The van der Waals surface area contributed by atoms with Gasteiger partial charge in [-0.25, -0.2) is 0 Å². The molecule has 5 heteroatoms. The van der Waals surface area contributed by atoms with Crippen LogP contribution >= 0.6 is 23.2 Å². The van der Waals surface area contributed by atoms with Gasteiger partial charge in [-0.05, 0) is 25.1 Å². The van der Waals surface area contributed by atoms with Gasteiger partial charge in [-0.2, -0.15) is 0 Å². The van der Waals surface area contributed by atoms with Crippen molar-refractivity contribution in [2.75, 3.05) is 0 Å². The number of rotatable bonds is 4. The second-order valence-corrected chi connectivity index (χ2v) is 5.06. The number of hydrogen-bond acceptors (Lipinski definition) is 2. The number of benzene rings is 2. The Morgan fingerprint density at radius 3 is 2.30 bits per heavy atom. The molecule has 2 aromatic rings. The third-order valence-electron chi connectivity index (χ3n) is 2.89. The average Bonchev–Trinajstić information content (AvgIpc) is 2.42. The molecule has 0 heterocycles. The van der Waals surface area contributed by atoms with E-state index in [1.54, 1.807) is 49.4 Å². The molecule has 0 aliphatic heterocycles. The van der Waals surface area contributed by atoms with Crippen molar-refractivity contribution in [3.8, 4) is 11.5 Å². The number of carboxylic acid groups (broad SMARTS) is 1. The van der Waals surface area contributed by atoms with Gasteiger partial charge in [0, 0.05) is 5.56 Å². The topological polar surface area (TPSA) is 46.5 Å². The highest BCUT2D eigenvalue weighted by Crippen LogP contribution is 2.38. The minimum absolute atomic E-state index is 0.320. The lowest BCUT2D eigenvalue weighted by molar-refractivity contribution is -0.138. The van der Waals surface area contributed by atoms with Crippen LogP contribution in [0.5, 0.6) is 11.5 Å². The van der Waals surface area contributed by atoms with Crippen molar-refractivity contribution in [1.29, 1.82) is 0 Å². The third-order valence-corrected chi connectivity index (χ3v) is 3.48. The first-order valence-electron chi connectivity index (χ1n) is 5.94. The Bertz CT molecular complexity index is 621. The predicted octanol–water partition coefficient (Wildman–Crippen LogP) is 4.97. The molecule has 0 bridgehead atoms. The maximum absolute atomic E-state index is 11.1. The van der Waals surface area contributed by atoms with Gasteiger partial charge in [-0.1, -0.05) is 47.5 Å². The molecule has 104 valence electrons. The summed E-state index contributed by atoms with van der Waals surface area (Å²) in [6, 6.07) is 11.9. The first kappa shape index (κ1) is 14.7. The van der Waals surface area contributed by atoms with Crippen molar-refractivity contribution in [3.63, 3.8) is 0 Å². The van der Waals surface area contributed by atoms with E-state index in [1.807, 2.05) is 0 Å². The molecule has 0 unspecified atom stereocenters. The van der Waals surface area contributed by atoms with Crippen LogP contribution in [0.3, 0.4) is 0 Å². The molecule has 0 saturated carbocycles. The molecule has 0 aliphatic carbocycles. The van der Waals surface area contributed by atoms with Crippen LogP contribution in [0.2, 0.25) is 10.0 Å². The van der Waals surface area contributed by atoms with Crippen LogP contribution < -0.4 is 4.74 Å². The van der Waals surface area contributed by atoms with E-state index in [0.29, 0.717) is 27.1 Å². The summed E-state index contributed by atoms with van der Waals surface area (Å²) in [5, 5.41) is 9.87. The maximum Gasteiger partial charge on any atom is 0.310 e. The van der Waals surface area contributed by atoms with Gasteiger partial charge in [0.15, 0.2) is 5.75 Å². The summed E-state index contributed by atoms with van der Waals surface area (Å²) in [4.78, 5) is 11.1. The number of para-hydroxylation sites is 2. The molecule has 0 aromatic heterocycles. The molecule has 0 aliphatic rings. The SMILES string of the molecule is C[C@H](C(=O)O)c1ccccc1Oc1c(Cl)cccc1Cl. The number of aliphatic carboxylic acids is 1. The minimum Gasteiger partial charge on any atom is -0.481 e. The summed E-state index contributed by atoms with van der Waals surface area (Å²) in [5.41, 5.74) is 0.566. The Hall–Kier alpha value is -1.71. The first-order chi connectivity index (χ1) is 9.50. The van der Waals surface area contributed by atoms with Crippen LogP contribution in [0, 0.1) is 0 Å². The van der Waals surface area contributed by atoms with E-state index < -0.39 is 11.9 Å². The lowest BCUT2D eigenvalue weighted by Gasteiger charge is -2.15. The molecule has 0 spiro atoms. The van der Waals surface area contributed by atoms with Crippen LogP contribution in [0.15, 0.2) is 42.5 Å². The fourth-order valence-electron chi connectivity index (χ4n) is 1.75. The summed E-state index contributed by atoms with van der Waals surface area (Å²) in [6.45, 7) is 1.60. The van der Waals surface area contributed by atoms with Crippen LogP contribution in [0.4, 0.5) is 0 Å². The molecule has 3 nitrogen and oxygen atoms in total. The minimum atomic E-state index is -0.925. The molecule has 2 aromatic carbocycles. The number of carboxylic acids is 1. The van der Waals surface area contributed by atoms with Gasteiger partial charge in [-0.15, -0.1) is 0 Å². The van der Waals surface area contributed by atoms with Gasteiger partial charge < -0.3 is 9.84 Å². The monoisotopic (exact) mass is 310 g/mol. The summed E-state index contributed by atoms with van der Waals surface area (Å²) < 4.78 is 5.72. The zero-order valence-corrected chi connectivity index (χ0v) is 12.2. The normalized spacial score (nSPS) is 11.9. The molecular formula is C15H12Cl2O3. The molecule has 20 heavy (non-hydrogen) atoms. The Balaban J connectivity index is 2.42. The second kappa shape index (κ2) is 6.16. The van der Waals surface area contributed by atoms with Gasteiger partial charge in [0.2, 0.25) is 0 Å². The molecule has 0 saturated heterocycles. The fourth-order valence-corrected chi connectivity index (χ4v) is 2.23. The molecule has 0 fully saturated rings. The van der Waals surface area contributed by atoms with Gasteiger partial charge in [0.25, 0.3) is 0 Å². The lowest BCUT2D eigenvalue weighted by Crippen LogP contribution is -2.08. The zero-order valence-electron chi connectivity index (χ0n) is 10.6. The van der Waals surface area contributed by atoms with E-state index in [0.717, 1.165) is 0 Å². The standard InChI is InChI=1S/C15H12Cl2O3/c1-9(15(18)19)10-5-2-3-8-13(10)20-14-11(16)6-4-7-12(14)17/h2-9H,1H3,(H,18,19)/t9-/m0/s1. The molecular weight excluding hydrogens is 299 g/mol. The lowest BCUT2D eigenvalue weighted by atomic mass is 10.0. The quantitative estimate of drug-likeness (QED) is 0.866. The van der Waals surface area contributed by atoms with Crippen LogP contribution in [-0.2, 0) is 4.79 Å². The van der Waals surface area contributed by atoms with Crippen molar-refractivity contribution >= 4 is 29.2 Å². The number of hydrogen-bond donors (Lipinski definition) is 1. The molecule has 1 atom stereocenters. The van der Waals surface area contributed by atoms with Crippen molar-refractivity contribution < 1.29 is 14.6 Å². The van der Waals surface area contributed by atoms with Gasteiger partial charge >= 0.3 is 5.97 Å². The summed E-state index contributed by atoms with van der Waals surface area (Å²) in [5.74, 6) is -0.864. The van der Waals surface area contributed by atoms with Crippen LogP contribution in [-0.4, -0.2) is 11.1 Å². The summed E-state index contributed by atoms with van der Waals surface area (Å²) >= 11 is 12.1. The van der Waals surface area contributed by atoms with Gasteiger partial charge in [-0.3, -0.25) is 4.79 Å². The zero-order chi connectivity index (χ0) is 14.7. The highest BCUT2D eigenvalue weighted by Gasteiger charge is 2.19. The second-order valence-electron chi connectivity index (χ2n) is 4.25. The third kappa shape index (κ3) is 3.06. The van der Waals surface area contributed by atoms with Gasteiger partial charge in [0.05, 0.1) is 16.0 Å². The van der Waals surface area contributed by atoms with E-state index in [1.165, 1.54) is 0 Å². The van der Waals surface area contributed by atoms with Crippen molar-refractivity contribution in [2.45, 2.75) is 12.8 Å². The molecule has 0 radical (unpaired) electrons. The predicted molar refractivity (Wildman–Crippen MR) is 79.0 cm³/mol. The fraction of sp³-hybridized carbons (Fsp3) is 0.133. The van der Waals surface area contributed by atoms with E-state index in [-0.39, 0.29) is 0 Å². The van der Waals surface area contributed by atoms with E-state index >= 15 is 0 Å². The van der Waals surface area contributed by atoms with E-state index in [2.05, 4.69) is 0 Å². The summed E-state index contributed by atoms with van der Waals surface area (Å²) in [7, 11) is 0. The number of carbonyl (C=O) groups is 1. The largest absolute Gasteiger partial charge is 0.481 e. The average molecular weight is 311 g/mol. The smallest absolute Gasteiger partial charge is 0.310 e. The van der Waals surface area contributed by atoms with Crippen LogP contribution in [0.1, 0.15) is 18.4 Å². The molecule has 0 amide bonds. The number of halogens is 2. The van der Waals surface area contributed by atoms with E-state index in [4.69, 9.17) is 33.0 Å². The Kier molecular flexibility index (Phi) is 4.53. The van der Waals surface area contributed by atoms with Crippen LogP contribution in [0.25, 0.3) is 0 Å². The highest BCUT2D eigenvalue weighted by molar-refractivity contribution is 6.37. The Morgan fingerprint density at radius 2 is 1.70 bits per heavy atom. The molecule has 1 N–H and O–H groups in total. The maximum atomic E-state index is 11.1. The number of ether oxygens (including phenoxy) is 1. The van der Waals surface area contributed by atoms with Gasteiger partial charge in [0.1, 0.15) is 5.75 Å².